The lowest BCUT2D eigenvalue weighted by atomic mass is 10.1. The molecule has 1 heterocycles. The molecule has 3 rings (SSSR count). The third-order valence-electron chi connectivity index (χ3n) is 6.33. The van der Waals surface area contributed by atoms with E-state index in [-0.39, 0.29) is 36.7 Å². The third kappa shape index (κ3) is 11.3. The van der Waals surface area contributed by atoms with Crippen molar-refractivity contribution >= 4 is 11.8 Å². The Kier molecular flexibility index (Phi) is 16.1. The summed E-state index contributed by atoms with van der Waals surface area (Å²) in [5.41, 5.74) is 0.952. The number of ether oxygens (including phenoxy) is 6. The highest BCUT2D eigenvalue weighted by molar-refractivity contribution is 6.21. The van der Waals surface area contributed by atoms with Gasteiger partial charge in [-0.2, -0.15) is 0 Å². The summed E-state index contributed by atoms with van der Waals surface area (Å²) >= 11 is 0. The molecule has 1 aliphatic rings. The average molecular weight is 560 g/mol. The number of carbonyl (C=O) groups is 2. The first kappa shape index (κ1) is 33.4. The zero-order chi connectivity index (χ0) is 29.2. The van der Waals surface area contributed by atoms with E-state index < -0.39 is 0 Å². The largest absolute Gasteiger partial charge is 0.491 e. The van der Waals surface area contributed by atoms with Gasteiger partial charge in [-0.05, 0) is 44.0 Å². The van der Waals surface area contributed by atoms with Crippen molar-refractivity contribution < 1.29 is 38.0 Å². The van der Waals surface area contributed by atoms with Gasteiger partial charge in [0, 0.05) is 14.2 Å². The standard InChI is InChI=1S/C16H26O4.C15H19NO4/c1-4-15(13-20-16-8-6-5-7-9-16)19-11-10-18-12-14(2)17-3;1-3-11(20-9-8-19-2)10-16-14(17)12-6-4-5-7-13(12)15(16)18/h5-9,14-15H,4,10-13H2,1-3H3;4-7,11H,3,8-10H2,1-2H3. The fourth-order valence-electron chi connectivity index (χ4n) is 3.79. The number of imide groups is 1. The normalized spacial score (nSPS) is 14.8. The van der Waals surface area contributed by atoms with Crippen LogP contribution in [-0.2, 0) is 23.7 Å². The summed E-state index contributed by atoms with van der Waals surface area (Å²) in [6, 6.07) is 16.7. The van der Waals surface area contributed by atoms with Crippen LogP contribution in [0.3, 0.4) is 0 Å². The molecule has 3 atom stereocenters. The predicted octanol–water partition coefficient (Wildman–Crippen LogP) is 4.64. The van der Waals surface area contributed by atoms with Gasteiger partial charge in [-0.1, -0.05) is 44.2 Å². The van der Waals surface area contributed by atoms with E-state index in [9.17, 15) is 9.59 Å². The highest BCUT2D eigenvalue weighted by Gasteiger charge is 2.36. The summed E-state index contributed by atoms with van der Waals surface area (Å²) in [7, 11) is 3.28. The van der Waals surface area contributed by atoms with Crippen LogP contribution in [0, 0.1) is 0 Å². The van der Waals surface area contributed by atoms with Gasteiger partial charge < -0.3 is 28.4 Å². The molecule has 0 saturated heterocycles. The van der Waals surface area contributed by atoms with Crippen LogP contribution in [0.5, 0.6) is 5.75 Å². The van der Waals surface area contributed by atoms with Gasteiger partial charge in [-0.15, -0.1) is 0 Å². The number of fused-ring (bicyclic) bond motifs is 1. The first-order valence-corrected chi connectivity index (χ1v) is 13.9. The van der Waals surface area contributed by atoms with Crippen molar-refractivity contribution in [2.24, 2.45) is 0 Å². The summed E-state index contributed by atoms with van der Waals surface area (Å²) in [4.78, 5) is 25.7. The molecule has 0 radical (unpaired) electrons. The van der Waals surface area contributed by atoms with E-state index in [1.807, 2.05) is 44.2 Å². The molecule has 0 aromatic heterocycles. The molecule has 1 aliphatic heterocycles. The molecule has 0 spiro atoms. The Morgan fingerprint density at radius 3 is 1.88 bits per heavy atom. The van der Waals surface area contributed by atoms with Gasteiger partial charge in [-0.25, -0.2) is 0 Å². The van der Waals surface area contributed by atoms with Crippen LogP contribution in [0.4, 0.5) is 0 Å². The van der Waals surface area contributed by atoms with Crippen molar-refractivity contribution in [1.29, 1.82) is 0 Å². The number of benzene rings is 2. The van der Waals surface area contributed by atoms with Gasteiger partial charge in [0.05, 0.1) is 69.0 Å². The molecule has 9 heteroatoms. The number of nitrogens with zero attached hydrogens (tertiary/aromatic N) is 1. The van der Waals surface area contributed by atoms with Gasteiger partial charge in [0.15, 0.2) is 0 Å². The van der Waals surface area contributed by atoms with Gasteiger partial charge in [0.25, 0.3) is 11.8 Å². The van der Waals surface area contributed by atoms with E-state index in [0.29, 0.717) is 50.8 Å². The molecule has 2 aromatic rings. The molecular formula is C31H45NO8. The zero-order valence-electron chi connectivity index (χ0n) is 24.5. The minimum Gasteiger partial charge on any atom is -0.491 e. The Labute approximate surface area is 238 Å². The number of rotatable bonds is 18. The Balaban J connectivity index is 0.000000280. The summed E-state index contributed by atoms with van der Waals surface area (Å²) in [5.74, 6) is 0.401. The Morgan fingerprint density at radius 1 is 0.725 bits per heavy atom. The molecule has 0 fully saturated rings. The minimum atomic E-state index is -0.237. The zero-order valence-corrected chi connectivity index (χ0v) is 24.5. The molecule has 2 amide bonds. The first-order valence-electron chi connectivity index (χ1n) is 13.9. The lowest BCUT2D eigenvalue weighted by Crippen LogP contribution is -2.38. The fraction of sp³-hybridized carbons (Fsp3) is 0.548. The molecule has 40 heavy (non-hydrogen) atoms. The lowest BCUT2D eigenvalue weighted by Gasteiger charge is -2.21. The van der Waals surface area contributed by atoms with Crippen molar-refractivity contribution in [3.8, 4) is 5.75 Å². The molecule has 0 N–H and O–H groups in total. The summed E-state index contributed by atoms with van der Waals surface area (Å²) in [5, 5.41) is 0. The number of amides is 2. The monoisotopic (exact) mass is 559 g/mol. The van der Waals surface area contributed by atoms with Gasteiger partial charge in [0.1, 0.15) is 12.4 Å². The van der Waals surface area contributed by atoms with Gasteiger partial charge in [0.2, 0.25) is 0 Å². The maximum atomic E-state index is 12.2. The van der Waals surface area contributed by atoms with E-state index >= 15 is 0 Å². The predicted molar refractivity (Wildman–Crippen MR) is 153 cm³/mol. The van der Waals surface area contributed by atoms with Crippen LogP contribution >= 0.6 is 0 Å². The molecular weight excluding hydrogens is 514 g/mol. The molecule has 0 saturated carbocycles. The smallest absolute Gasteiger partial charge is 0.261 e. The molecule has 3 unspecified atom stereocenters. The van der Waals surface area contributed by atoms with E-state index in [0.717, 1.165) is 18.6 Å². The number of para-hydroxylation sites is 1. The van der Waals surface area contributed by atoms with Gasteiger partial charge >= 0.3 is 0 Å². The van der Waals surface area contributed by atoms with Crippen LogP contribution in [0.1, 0.15) is 54.3 Å². The number of hydrogen-bond donors (Lipinski definition) is 0. The third-order valence-corrected chi connectivity index (χ3v) is 6.33. The van der Waals surface area contributed by atoms with Crippen molar-refractivity contribution in [3.63, 3.8) is 0 Å². The van der Waals surface area contributed by atoms with Crippen molar-refractivity contribution in [3.05, 3.63) is 65.7 Å². The van der Waals surface area contributed by atoms with E-state index in [1.165, 1.54) is 4.90 Å². The Hall–Kier alpha value is -2.82. The topological polar surface area (TPSA) is 92.8 Å². The van der Waals surface area contributed by atoms with Crippen LogP contribution < -0.4 is 4.74 Å². The van der Waals surface area contributed by atoms with Gasteiger partial charge in [-0.3, -0.25) is 14.5 Å². The number of methoxy groups -OCH3 is 2. The molecule has 0 aliphatic carbocycles. The highest BCUT2D eigenvalue weighted by atomic mass is 16.6. The SMILES string of the molecule is CCC(CN1C(=O)c2ccccc2C1=O)OCCOC.CCC(COc1ccccc1)OCCOCC(C)OC. The molecule has 9 nitrogen and oxygen atoms in total. The van der Waals surface area contributed by atoms with Crippen molar-refractivity contribution in [1.82, 2.24) is 4.90 Å². The van der Waals surface area contributed by atoms with Crippen LogP contribution in [0.25, 0.3) is 0 Å². The second kappa shape index (κ2) is 19.3. The summed E-state index contributed by atoms with van der Waals surface area (Å²) in [6.45, 7) is 9.59. The number of carbonyl (C=O) groups excluding carboxylic acids is 2. The van der Waals surface area contributed by atoms with Crippen molar-refractivity contribution in [2.75, 3.05) is 60.4 Å². The van der Waals surface area contributed by atoms with E-state index in [4.69, 9.17) is 28.4 Å². The van der Waals surface area contributed by atoms with E-state index in [1.54, 1.807) is 38.5 Å². The summed E-state index contributed by atoms with van der Waals surface area (Å²) < 4.78 is 32.5. The van der Waals surface area contributed by atoms with Crippen LogP contribution in [0.2, 0.25) is 0 Å². The number of hydrogen-bond acceptors (Lipinski definition) is 8. The van der Waals surface area contributed by atoms with Crippen LogP contribution in [-0.4, -0.2) is 95.4 Å². The Morgan fingerprint density at radius 2 is 1.30 bits per heavy atom. The van der Waals surface area contributed by atoms with Crippen LogP contribution in [0.15, 0.2) is 54.6 Å². The van der Waals surface area contributed by atoms with E-state index in [2.05, 4.69) is 6.92 Å². The fourth-order valence-corrected chi connectivity index (χ4v) is 3.79. The molecule has 222 valence electrons. The maximum Gasteiger partial charge on any atom is 0.261 e. The second-order valence-electron chi connectivity index (χ2n) is 9.31. The maximum absolute atomic E-state index is 12.2. The molecule has 0 bridgehead atoms. The highest BCUT2D eigenvalue weighted by Crippen LogP contribution is 2.23. The summed E-state index contributed by atoms with van der Waals surface area (Å²) in [6.07, 6.45) is 1.71. The lowest BCUT2D eigenvalue weighted by molar-refractivity contribution is -0.0358. The quantitative estimate of drug-likeness (QED) is 0.193. The average Bonchev–Trinajstić information content (AvgIpc) is 3.23. The van der Waals surface area contributed by atoms with Crippen molar-refractivity contribution in [2.45, 2.75) is 51.9 Å². The second-order valence-corrected chi connectivity index (χ2v) is 9.31. The first-order chi connectivity index (χ1) is 19.4. The molecule has 2 aromatic carbocycles. The minimum absolute atomic E-state index is 0.0960. The Bertz CT molecular complexity index is 951.